The van der Waals surface area contributed by atoms with E-state index in [-0.39, 0.29) is 11.7 Å². The molecule has 0 unspecified atom stereocenters. The second kappa shape index (κ2) is 5.85. The van der Waals surface area contributed by atoms with E-state index < -0.39 is 0 Å². The van der Waals surface area contributed by atoms with Crippen molar-refractivity contribution in [2.45, 2.75) is 13.8 Å². The molecular formula is C15H13BrClNO2. The standard InChI is InChI=1S/C15H13BrClNO2/c1-8-3-4-13(9(2)14(8)19)18-15(20)10-5-11(16)7-12(17)6-10/h3-7,19H,1-2H3,(H,18,20). The molecule has 0 aromatic heterocycles. The molecule has 0 fully saturated rings. The van der Waals surface area contributed by atoms with E-state index in [1.807, 2.05) is 6.92 Å². The van der Waals surface area contributed by atoms with Crippen LogP contribution >= 0.6 is 27.5 Å². The Morgan fingerprint density at radius 2 is 1.95 bits per heavy atom. The number of phenolic OH excluding ortho intramolecular Hbond substituents is 1. The fourth-order valence-corrected chi connectivity index (χ4v) is 2.71. The maximum Gasteiger partial charge on any atom is 0.255 e. The molecule has 0 spiro atoms. The van der Waals surface area contributed by atoms with Gasteiger partial charge in [0.05, 0.1) is 0 Å². The van der Waals surface area contributed by atoms with Crippen LogP contribution in [0.2, 0.25) is 5.02 Å². The van der Waals surface area contributed by atoms with Crippen molar-refractivity contribution in [3.8, 4) is 5.75 Å². The van der Waals surface area contributed by atoms with Gasteiger partial charge in [0.2, 0.25) is 0 Å². The quantitative estimate of drug-likeness (QED) is 0.823. The summed E-state index contributed by atoms with van der Waals surface area (Å²) in [5.41, 5.74) is 2.43. The first-order valence-electron chi connectivity index (χ1n) is 5.95. The number of nitrogens with one attached hydrogen (secondary N) is 1. The maximum atomic E-state index is 12.2. The Morgan fingerprint density at radius 3 is 2.60 bits per heavy atom. The molecule has 0 bridgehead atoms. The van der Waals surface area contributed by atoms with Crippen molar-refractivity contribution in [3.63, 3.8) is 0 Å². The van der Waals surface area contributed by atoms with Crippen LogP contribution in [0.4, 0.5) is 5.69 Å². The molecule has 0 radical (unpaired) electrons. The highest BCUT2D eigenvalue weighted by Crippen LogP contribution is 2.28. The molecule has 2 aromatic carbocycles. The molecule has 0 aliphatic carbocycles. The minimum absolute atomic E-state index is 0.190. The molecule has 0 atom stereocenters. The number of rotatable bonds is 2. The molecule has 20 heavy (non-hydrogen) atoms. The number of anilines is 1. The summed E-state index contributed by atoms with van der Waals surface area (Å²) < 4.78 is 0.735. The molecule has 2 aromatic rings. The van der Waals surface area contributed by atoms with Crippen molar-refractivity contribution in [3.05, 3.63) is 56.5 Å². The van der Waals surface area contributed by atoms with E-state index in [9.17, 15) is 9.90 Å². The second-order valence-corrected chi connectivity index (χ2v) is 5.87. The number of hydrogen-bond acceptors (Lipinski definition) is 2. The van der Waals surface area contributed by atoms with Gasteiger partial charge in [0, 0.05) is 26.3 Å². The van der Waals surface area contributed by atoms with Crippen LogP contribution in [-0.4, -0.2) is 11.0 Å². The summed E-state index contributed by atoms with van der Waals surface area (Å²) in [5, 5.41) is 13.1. The van der Waals surface area contributed by atoms with Crippen molar-refractivity contribution in [1.82, 2.24) is 0 Å². The summed E-state index contributed by atoms with van der Waals surface area (Å²) in [4.78, 5) is 12.2. The zero-order chi connectivity index (χ0) is 14.9. The van der Waals surface area contributed by atoms with E-state index >= 15 is 0 Å². The first kappa shape index (κ1) is 14.9. The van der Waals surface area contributed by atoms with Gasteiger partial charge in [-0.2, -0.15) is 0 Å². The number of phenols is 1. The third kappa shape index (κ3) is 3.14. The summed E-state index contributed by atoms with van der Waals surface area (Å²) in [6.45, 7) is 3.56. The van der Waals surface area contributed by atoms with Crippen LogP contribution in [-0.2, 0) is 0 Å². The lowest BCUT2D eigenvalue weighted by atomic mass is 10.1. The number of hydrogen-bond donors (Lipinski definition) is 2. The van der Waals surface area contributed by atoms with Gasteiger partial charge in [-0.1, -0.05) is 33.6 Å². The lowest BCUT2D eigenvalue weighted by Gasteiger charge is -2.11. The average molecular weight is 355 g/mol. The van der Waals surface area contributed by atoms with Gasteiger partial charge in [0.1, 0.15) is 5.75 Å². The number of halogens is 2. The van der Waals surface area contributed by atoms with Crippen molar-refractivity contribution in [1.29, 1.82) is 0 Å². The molecule has 104 valence electrons. The van der Waals surface area contributed by atoms with Crippen molar-refractivity contribution in [2.75, 3.05) is 5.32 Å². The third-order valence-corrected chi connectivity index (χ3v) is 3.68. The Morgan fingerprint density at radius 1 is 1.25 bits per heavy atom. The van der Waals surface area contributed by atoms with Gasteiger partial charge in [0.25, 0.3) is 5.91 Å². The van der Waals surface area contributed by atoms with Crippen LogP contribution in [0.5, 0.6) is 5.75 Å². The Balaban J connectivity index is 2.30. The maximum absolute atomic E-state index is 12.2. The van der Waals surface area contributed by atoms with Crippen LogP contribution in [0.3, 0.4) is 0 Å². The van der Waals surface area contributed by atoms with E-state index in [1.54, 1.807) is 37.3 Å². The summed E-state index contributed by atoms with van der Waals surface area (Å²) >= 11 is 9.22. The van der Waals surface area contributed by atoms with Crippen LogP contribution in [0.15, 0.2) is 34.8 Å². The molecule has 2 rings (SSSR count). The number of carbonyl (C=O) groups is 1. The predicted molar refractivity (Wildman–Crippen MR) is 84.7 cm³/mol. The molecule has 5 heteroatoms. The van der Waals surface area contributed by atoms with Crippen LogP contribution in [0.25, 0.3) is 0 Å². The Hall–Kier alpha value is -1.52. The monoisotopic (exact) mass is 353 g/mol. The molecule has 0 saturated carbocycles. The summed E-state index contributed by atoms with van der Waals surface area (Å²) in [6, 6.07) is 8.50. The fourth-order valence-electron chi connectivity index (χ4n) is 1.85. The summed E-state index contributed by atoms with van der Waals surface area (Å²) in [5.74, 6) is -0.0883. The minimum atomic E-state index is -0.278. The average Bonchev–Trinajstić information content (AvgIpc) is 2.38. The molecule has 0 aliphatic heterocycles. The predicted octanol–water partition coefficient (Wildman–Crippen LogP) is 4.68. The van der Waals surface area contributed by atoms with E-state index in [1.165, 1.54) is 0 Å². The number of benzene rings is 2. The highest BCUT2D eigenvalue weighted by atomic mass is 79.9. The number of amides is 1. The molecule has 0 aliphatic rings. The molecule has 0 heterocycles. The van der Waals surface area contributed by atoms with Gasteiger partial charge in [-0.3, -0.25) is 4.79 Å². The van der Waals surface area contributed by atoms with Gasteiger partial charge in [-0.05, 0) is 43.7 Å². The van der Waals surface area contributed by atoms with Crippen molar-refractivity contribution >= 4 is 39.1 Å². The normalized spacial score (nSPS) is 10.4. The number of aryl methyl sites for hydroxylation is 1. The first-order valence-corrected chi connectivity index (χ1v) is 7.12. The zero-order valence-electron chi connectivity index (χ0n) is 11.0. The fraction of sp³-hybridized carbons (Fsp3) is 0.133. The molecule has 1 amide bonds. The van der Waals surface area contributed by atoms with E-state index in [0.29, 0.717) is 21.8 Å². The SMILES string of the molecule is Cc1ccc(NC(=O)c2cc(Cl)cc(Br)c2)c(C)c1O. The zero-order valence-corrected chi connectivity index (χ0v) is 13.3. The summed E-state index contributed by atoms with van der Waals surface area (Å²) in [6.07, 6.45) is 0. The van der Waals surface area contributed by atoms with E-state index in [2.05, 4.69) is 21.2 Å². The lowest BCUT2D eigenvalue weighted by Crippen LogP contribution is -2.13. The third-order valence-electron chi connectivity index (χ3n) is 3.01. The summed E-state index contributed by atoms with van der Waals surface area (Å²) in [7, 11) is 0. The van der Waals surface area contributed by atoms with E-state index in [0.717, 1.165) is 10.0 Å². The lowest BCUT2D eigenvalue weighted by molar-refractivity contribution is 0.102. The molecule has 3 nitrogen and oxygen atoms in total. The second-order valence-electron chi connectivity index (χ2n) is 4.52. The van der Waals surface area contributed by atoms with Crippen molar-refractivity contribution < 1.29 is 9.90 Å². The Labute approximate surface area is 130 Å². The topological polar surface area (TPSA) is 49.3 Å². The largest absolute Gasteiger partial charge is 0.507 e. The van der Waals surface area contributed by atoms with Crippen molar-refractivity contribution in [2.24, 2.45) is 0 Å². The van der Waals surface area contributed by atoms with Gasteiger partial charge in [-0.25, -0.2) is 0 Å². The first-order chi connectivity index (χ1) is 9.38. The highest BCUT2D eigenvalue weighted by Gasteiger charge is 2.12. The highest BCUT2D eigenvalue weighted by molar-refractivity contribution is 9.10. The van der Waals surface area contributed by atoms with E-state index in [4.69, 9.17) is 11.6 Å². The molecule has 2 N–H and O–H groups in total. The Kier molecular flexibility index (Phi) is 4.35. The molecular weight excluding hydrogens is 342 g/mol. The van der Waals surface area contributed by atoms with Gasteiger partial charge in [-0.15, -0.1) is 0 Å². The van der Waals surface area contributed by atoms with Crippen LogP contribution < -0.4 is 5.32 Å². The minimum Gasteiger partial charge on any atom is -0.507 e. The van der Waals surface area contributed by atoms with Gasteiger partial charge in [0.15, 0.2) is 0 Å². The van der Waals surface area contributed by atoms with Crippen LogP contribution in [0.1, 0.15) is 21.5 Å². The van der Waals surface area contributed by atoms with Gasteiger partial charge < -0.3 is 10.4 Å². The molecule has 0 saturated heterocycles. The Bertz CT molecular complexity index is 666. The van der Waals surface area contributed by atoms with Crippen LogP contribution in [0, 0.1) is 13.8 Å². The van der Waals surface area contributed by atoms with Gasteiger partial charge >= 0.3 is 0 Å². The smallest absolute Gasteiger partial charge is 0.255 e. The number of aromatic hydroxyl groups is 1. The number of carbonyl (C=O) groups excluding carboxylic acids is 1.